The molecule has 2 fully saturated rings. The molecule has 164 valence electrons. The summed E-state index contributed by atoms with van der Waals surface area (Å²) in [5.41, 5.74) is 3.72. The number of terminal acetylenes is 1. The summed E-state index contributed by atoms with van der Waals surface area (Å²) in [5.74, 6) is 8.50. The van der Waals surface area contributed by atoms with Crippen molar-refractivity contribution in [3.05, 3.63) is 58.7 Å². The number of rotatable bonds is 2. The monoisotopic (exact) mass is 432 g/mol. The normalized spacial score (nSPS) is 32.9. The third-order valence-electron chi connectivity index (χ3n) is 6.74. The van der Waals surface area contributed by atoms with E-state index >= 15 is 0 Å². The van der Waals surface area contributed by atoms with Crippen molar-refractivity contribution in [1.82, 2.24) is 0 Å². The topological polar surface area (TPSA) is 110 Å². The number of benzene rings is 2. The summed E-state index contributed by atoms with van der Waals surface area (Å²) >= 11 is 0. The fraction of sp³-hybridized carbons (Fsp3) is 0.385. The van der Waals surface area contributed by atoms with Crippen LogP contribution in [-0.2, 0) is 10.3 Å². The molecule has 6 nitrogen and oxygen atoms in total. The molecule has 0 spiro atoms. The van der Waals surface area contributed by atoms with Gasteiger partial charge in [-0.2, -0.15) is 0 Å². The van der Waals surface area contributed by atoms with E-state index in [0.717, 1.165) is 40.7 Å². The third-order valence-corrected chi connectivity index (χ3v) is 6.74. The number of hydrogen-bond acceptors (Lipinski definition) is 6. The van der Waals surface area contributed by atoms with Crippen molar-refractivity contribution in [2.24, 2.45) is 5.92 Å². The first-order valence-corrected chi connectivity index (χ1v) is 10.7. The summed E-state index contributed by atoms with van der Waals surface area (Å²) in [5, 5.41) is 51.2. The van der Waals surface area contributed by atoms with Crippen molar-refractivity contribution in [2.45, 2.75) is 49.0 Å². The predicted molar refractivity (Wildman–Crippen MR) is 116 cm³/mol. The molecule has 0 aromatic heterocycles. The third kappa shape index (κ3) is 3.17. The fourth-order valence-electron chi connectivity index (χ4n) is 4.82. The molecule has 32 heavy (non-hydrogen) atoms. The minimum atomic E-state index is -1.47. The molecule has 2 aromatic carbocycles. The van der Waals surface area contributed by atoms with Gasteiger partial charge in [-0.3, -0.25) is 0 Å². The molecule has 3 aliphatic rings. The Kier molecular flexibility index (Phi) is 5.11. The van der Waals surface area contributed by atoms with Crippen molar-refractivity contribution in [2.75, 3.05) is 6.61 Å². The van der Waals surface area contributed by atoms with Crippen molar-refractivity contribution in [3.63, 3.8) is 0 Å². The molecule has 0 radical (unpaired) electrons. The highest BCUT2D eigenvalue weighted by Crippen LogP contribution is 2.58. The Balaban J connectivity index is 1.51. The van der Waals surface area contributed by atoms with Crippen LogP contribution in [0.2, 0.25) is 0 Å². The van der Waals surface area contributed by atoms with Crippen molar-refractivity contribution in [3.8, 4) is 35.3 Å². The molecule has 1 saturated heterocycles. The maximum Gasteiger partial charge on any atom is 0.147 e. The predicted octanol–water partition coefficient (Wildman–Crippen LogP) is 0.488. The fourth-order valence-corrected chi connectivity index (χ4v) is 4.82. The first kappa shape index (κ1) is 21.2. The Morgan fingerprint density at radius 1 is 0.938 bits per heavy atom. The molecule has 0 bridgehead atoms. The summed E-state index contributed by atoms with van der Waals surface area (Å²) in [6.07, 6.45) is 1.05. The van der Waals surface area contributed by atoms with E-state index in [0.29, 0.717) is 5.56 Å². The lowest BCUT2D eigenvalue weighted by molar-refractivity contribution is -0.214. The van der Waals surface area contributed by atoms with Gasteiger partial charge in [-0.15, -0.1) is 6.42 Å². The van der Waals surface area contributed by atoms with Crippen LogP contribution in [0.1, 0.15) is 35.1 Å². The van der Waals surface area contributed by atoms with E-state index in [2.05, 4.69) is 17.8 Å². The molecular formula is C26H24O6. The summed E-state index contributed by atoms with van der Waals surface area (Å²) in [4.78, 5) is 0. The van der Waals surface area contributed by atoms with Crippen LogP contribution < -0.4 is 0 Å². The van der Waals surface area contributed by atoms with Crippen LogP contribution in [-0.4, -0.2) is 62.7 Å². The van der Waals surface area contributed by atoms with Crippen LogP contribution in [0.3, 0.4) is 0 Å². The summed E-state index contributed by atoms with van der Waals surface area (Å²) < 4.78 is 5.46. The molecule has 1 saturated carbocycles. The molecule has 6 atom stereocenters. The zero-order chi connectivity index (χ0) is 22.6. The van der Waals surface area contributed by atoms with E-state index in [9.17, 15) is 25.5 Å². The maximum atomic E-state index is 11.8. The Hall–Kier alpha value is -2.68. The van der Waals surface area contributed by atoms with Crippen LogP contribution in [0.5, 0.6) is 0 Å². The highest BCUT2D eigenvalue weighted by molar-refractivity contribution is 5.82. The van der Waals surface area contributed by atoms with Gasteiger partial charge in [-0.25, -0.2) is 0 Å². The van der Waals surface area contributed by atoms with Gasteiger partial charge in [0.1, 0.15) is 36.1 Å². The van der Waals surface area contributed by atoms with Gasteiger partial charge in [0.05, 0.1) is 6.61 Å². The smallest absolute Gasteiger partial charge is 0.147 e. The van der Waals surface area contributed by atoms with Gasteiger partial charge in [0, 0.05) is 11.1 Å². The number of fused-ring (bicyclic) bond motifs is 3. The Morgan fingerprint density at radius 3 is 2.16 bits per heavy atom. The summed E-state index contributed by atoms with van der Waals surface area (Å²) in [6, 6.07) is 11.3. The molecule has 0 amide bonds. The van der Waals surface area contributed by atoms with Crippen LogP contribution >= 0.6 is 0 Å². The van der Waals surface area contributed by atoms with Crippen LogP contribution in [0.4, 0.5) is 0 Å². The van der Waals surface area contributed by atoms with E-state index in [4.69, 9.17) is 11.2 Å². The first-order chi connectivity index (χ1) is 15.4. The molecule has 2 aliphatic carbocycles. The van der Waals surface area contributed by atoms with E-state index in [-0.39, 0.29) is 5.92 Å². The molecule has 1 aliphatic heterocycles. The van der Waals surface area contributed by atoms with E-state index in [1.807, 2.05) is 36.4 Å². The Labute approximate surface area is 186 Å². The second-order valence-electron chi connectivity index (χ2n) is 8.72. The van der Waals surface area contributed by atoms with Gasteiger partial charge in [-0.05, 0) is 65.3 Å². The van der Waals surface area contributed by atoms with Gasteiger partial charge < -0.3 is 30.3 Å². The van der Waals surface area contributed by atoms with Crippen molar-refractivity contribution >= 4 is 0 Å². The molecule has 5 rings (SSSR count). The van der Waals surface area contributed by atoms with Crippen LogP contribution in [0.25, 0.3) is 11.1 Å². The number of aliphatic hydroxyl groups is 5. The quantitative estimate of drug-likeness (QED) is 0.442. The highest BCUT2D eigenvalue weighted by Gasteiger charge is 2.52. The molecular weight excluding hydrogens is 408 g/mol. The van der Waals surface area contributed by atoms with Crippen molar-refractivity contribution < 1.29 is 30.3 Å². The molecule has 2 aromatic rings. The lowest BCUT2D eigenvalue weighted by Crippen LogP contribution is -2.58. The standard InChI is InChI=1S/C26H24O6/c1-2-14-3-8-17-18-9-4-15(12-20(18)26(31,16-6-7-16)19(17)11-14)5-10-21-23(28)25(30)24(29)22(13-27)32-21/h1,3-4,8-9,11-12,16,21-25,27-31H,6-7,13H2. The van der Waals surface area contributed by atoms with Crippen LogP contribution in [0.15, 0.2) is 36.4 Å². The first-order valence-electron chi connectivity index (χ1n) is 10.7. The maximum absolute atomic E-state index is 11.8. The Morgan fingerprint density at radius 2 is 1.56 bits per heavy atom. The minimum Gasteiger partial charge on any atom is -0.394 e. The zero-order valence-electron chi connectivity index (χ0n) is 17.3. The van der Waals surface area contributed by atoms with Gasteiger partial charge in [0.15, 0.2) is 0 Å². The minimum absolute atomic E-state index is 0.115. The largest absolute Gasteiger partial charge is 0.394 e. The molecule has 5 N–H and O–H groups in total. The van der Waals surface area contributed by atoms with Crippen LogP contribution in [0, 0.1) is 30.1 Å². The molecule has 1 heterocycles. The average molecular weight is 432 g/mol. The lowest BCUT2D eigenvalue weighted by Gasteiger charge is -2.37. The van der Waals surface area contributed by atoms with E-state index in [1.54, 1.807) is 0 Å². The lowest BCUT2D eigenvalue weighted by atomic mass is 9.85. The zero-order valence-corrected chi connectivity index (χ0v) is 17.3. The van der Waals surface area contributed by atoms with E-state index < -0.39 is 42.7 Å². The second-order valence-corrected chi connectivity index (χ2v) is 8.72. The van der Waals surface area contributed by atoms with Crippen molar-refractivity contribution in [1.29, 1.82) is 0 Å². The SMILES string of the molecule is C#Cc1ccc2c(c1)C(O)(C1CC1)c1cc(C#CC3OC(CO)C(O)C(O)C3O)ccc1-2. The Bertz CT molecular complexity index is 1170. The summed E-state index contributed by atoms with van der Waals surface area (Å²) in [7, 11) is 0. The average Bonchev–Trinajstić information content (AvgIpc) is 3.64. The van der Waals surface area contributed by atoms with E-state index in [1.165, 1.54) is 0 Å². The van der Waals surface area contributed by atoms with Gasteiger partial charge in [0.25, 0.3) is 0 Å². The van der Waals surface area contributed by atoms with Gasteiger partial charge in [-0.1, -0.05) is 29.9 Å². The second kappa shape index (κ2) is 7.72. The van der Waals surface area contributed by atoms with Gasteiger partial charge >= 0.3 is 0 Å². The molecule has 6 unspecified atom stereocenters. The number of hydrogen-bond donors (Lipinski definition) is 5. The summed E-state index contributed by atoms with van der Waals surface area (Å²) in [6.45, 7) is -0.506. The number of ether oxygens (including phenoxy) is 1. The van der Waals surface area contributed by atoms with Gasteiger partial charge in [0.2, 0.25) is 0 Å². The highest BCUT2D eigenvalue weighted by atomic mass is 16.5. The molecule has 6 heteroatoms. The number of aliphatic hydroxyl groups excluding tert-OH is 4.